The number of amides is 2. The van der Waals surface area contributed by atoms with Crippen LogP contribution in [-0.4, -0.2) is 46.4 Å². The van der Waals surface area contributed by atoms with Gasteiger partial charge in [-0.05, 0) is 24.3 Å². The molecule has 2 heterocycles. The van der Waals surface area contributed by atoms with Gasteiger partial charge in [0.15, 0.2) is 0 Å². The zero-order chi connectivity index (χ0) is 21.3. The molecule has 2 aromatic carbocycles. The summed E-state index contributed by atoms with van der Waals surface area (Å²) >= 11 is 1.41. The molecule has 150 valence electrons. The van der Waals surface area contributed by atoms with Gasteiger partial charge < -0.3 is 9.84 Å². The number of aromatic nitrogens is 1. The van der Waals surface area contributed by atoms with Crippen molar-refractivity contribution < 1.29 is 24.2 Å². The molecule has 1 aliphatic rings. The number of benzene rings is 2. The molecule has 2 amide bonds. The molecule has 0 radical (unpaired) electrons. The molecule has 1 aliphatic heterocycles. The lowest BCUT2D eigenvalue weighted by Crippen LogP contribution is -2.44. The fraction of sp³-hybridized carbons (Fsp3) is 0.0909. The minimum atomic E-state index is -1.26. The van der Waals surface area contributed by atoms with Gasteiger partial charge in [-0.15, -0.1) is 11.3 Å². The van der Waals surface area contributed by atoms with E-state index in [0.29, 0.717) is 17.0 Å². The number of carboxylic acids is 1. The van der Waals surface area contributed by atoms with Crippen LogP contribution >= 0.6 is 11.3 Å². The molecular formula is C22H16N2O5S. The van der Waals surface area contributed by atoms with Gasteiger partial charge in [0.25, 0.3) is 11.8 Å². The van der Waals surface area contributed by atoms with Gasteiger partial charge in [-0.1, -0.05) is 30.3 Å². The number of methoxy groups -OCH3 is 1. The molecule has 0 fully saturated rings. The van der Waals surface area contributed by atoms with E-state index in [1.54, 1.807) is 42.8 Å². The van der Waals surface area contributed by atoms with Gasteiger partial charge in [-0.25, -0.2) is 4.98 Å². The van der Waals surface area contributed by atoms with E-state index in [0.717, 1.165) is 15.5 Å². The lowest BCUT2D eigenvalue weighted by atomic mass is 9.93. The summed E-state index contributed by atoms with van der Waals surface area (Å²) in [7, 11) is 1.59. The number of carbonyl (C=O) groups excluding carboxylic acids is 2. The minimum absolute atomic E-state index is 0.231. The quantitative estimate of drug-likeness (QED) is 0.502. The minimum Gasteiger partial charge on any atom is -0.497 e. The Morgan fingerprint density at radius 2 is 1.90 bits per heavy atom. The van der Waals surface area contributed by atoms with Crippen molar-refractivity contribution in [3.05, 3.63) is 70.7 Å². The highest BCUT2D eigenvalue weighted by molar-refractivity contribution is 7.13. The third kappa shape index (κ3) is 3.60. The molecule has 4 rings (SSSR count). The van der Waals surface area contributed by atoms with Gasteiger partial charge in [-0.2, -0.15) is 0 Å². The number of rotatable bonds is 5. The van der Waals surface area contributed by atoms with Crippen molar-refractivity contribution in [2.75, 3.05) is 13.7 Å². The van der Waals surface area contributed by atoms with Crippen LogP contribution in [0.25, 0.3) is 22.2 Å². The fourth-order valence-corrected chi connectivity index (χ4v) is 3.98. The van der Waals surface area contributed by atoms with Crippen molar-refractivity contribution in [2.45, 2.75) is 0 Å². The van der Waals surface area contributed by atoms with Crippen LogP contribution in [-0.2, 0) is 9.59 Å². The maximum atomic E-state index is 12.9. The molecule has 1 aromatic heterocycles. The standard InChI is InChI=1S/C22H16N2O5S/c1-29-15-6-4-5-13(9-15)20-23-14(12-30-20)10-18-16-7-2-3-8-17(16)21(27)24(22(18)28)11-19(25)26/h2-10,12H,11H2,1H3,(H,25,26). The Morgan fingerprint density at radius 3 is 2.63 bits per heavy atom. The predicted octanol–water partition coefficient (Wildman–Crippen LogP) is 3.43. The summed E-state index contributed by atoms with van der Waals surface area (Å²) in [6.07, 6.45) is 1.59. The Morgan fingerprint density at radius 1 is 1.13 bits per heavy atom. The van der Waals surface area contributed by atoms with E-state index in [1.807, 2.05) is 24.3 Å². The van der Waals surface area contributed by atoms with Crippen molar-refractivity contribution in [1.82, 2.24) is 9.88 Å². The number of thiazole rings is 1. The number of hydrogen-bond acceptors (Lipinski definition) is 6. The predicted molar refractivity (Wildman–Crippen MR) is 112 cm³/mol. The van der Waals surface area contributed by atoms with Gasteiger partial charge in [0.1, 0.15) is 17.3 Å². The van der Waals surface area contributed by atoms with Crippen molar-refractivity contribution >= 4 is 40.8 Å². The zero-order valence-electron chi connectivity index (χ0n) is 15.9. The Labute approximate surface area is 175 Å². The smallest absolute Gasteiger partial charge is 0.323 e. The Balaban J connectivity index is 1.76. The van der Waals surface area contributed by atoms with Crippen LogP contribution in [0.15, 0.2) is 53.9 Å². The van der Waals surface area contributed by atoms with Crippen LogP contribution in [0.4, 0.5) is 0 Å². The second kappa shape index (κ2) is 7.92. The number of carbonyl (C=O) groups is 3. The van der Waals surface area contributed by atoms with Crippen molar-refractivity contribution in [3.8, 4) is 16.3 Å². The van der Waals surface area contributed by atoms with Gasteiger partial charge >= 0.3 is 5.97 Å². The van der Waals surface area contributed by atoms with E-state index < -0.39 is 24.3 Å². The Kier molecular flexibility index (Phi) is 5.16. The summed E-state index contributed by atoms with van der Waals surface area (Å²) in [6, 6.07) is 14.1. The largest absolute Gasteiger partial charge is 0.497 e. The third-order valence-corrected chi connectivity index (χ3v) is 5.50. The first-order valence-corrected chi connectivity index (χ1v) is 9.85. The third-order valence-electron chi connectivity index (χ3n) is 4.59. The molecule has 0 unspecified atom stereocenters. The van der Waals surface area contributed by atoms with Crippen LogP contribution in [0.3, 0.4) is 0 Å². The highest BCUT2D eigenvalue weighted by Gasteiger charge is 2.35. The van der Waals surface area contributed by atoms with E-state index in [1.165, 1.54) is 11.3 Å². The number of hydrogen-bond donors (Lipinski definition) is 1. The molecular weight excluding hydrogens is 404 g/mol. The number of ether oxygens (including phenoxy) is 1. The lowest BCUT2D eigenvalue weighted by molar-refractivity contribution is -0.141. The highest BCUT2D eigenvalue weighted by atomic mass is 32.1. The van der Waals surface area contributed by atoms with Crippen LogP contribution in [0.1, 0.15) is 21.6 Å². The van der Waals surface area contributed by atoms with E-state index in [2.05, 4.69) is 4.98 Å². The molecule has 0 spiro atoms. The number of nitrogens with zero attached hydrogens (tertiary/aromatic N) is 2. The molecule has 3 aromatic rings. The maximum absolute atomic E-state index is 12.9. The van der Waals surface area contributed by atoms with E-state index in [4.69, 9.17) is 9.84 Å². The van der Waals surface area contributed by atoms with E-state index in [9.17, 15) is 14.4 Å². The number of carboxylic acid groups (broad SMARTS) is 1. The first-order valence-electron chi connectivity index (χ1n) is 8.97. The molecule has 1 N–H and O–H groups in total. The molecule has 7 nitrogen and oxygen atoms in total. The zero-order valence-corrected chi connectivity index (χ0v) is 16.7. The molecule has 0 saturated heterocycles. The topological polar surface area (TPSA) is 96.8 Å². The second-order valence-electron chi connectivity index (χ2n) is 6.50. The first-order chi connectivity index (χ1) is 14.5. The number of aliphatic carboxylic acids is 1. The Bertz CT molecular complexity index is 1200. The summed E-state index contributed by atoms with van der Waals surface area (Å²) in [4.78, 5) is 42.0. The molecule has 0 saturated carbocycles. The number of fused-ring (bicyclic) bond motifs is 1. The van der Waals surface area contributed by atoms with Crippen molar-refractivity contribution in [3.63, 3.8) is 0 Å². The second-order valence-corrected chi connectivity index (χ2v) is 7.36. The Hall–Kier alpha value is -3.78. The van der Waals surface area contributed by atoms with Crippen molar-refractivity contribution in [2.24, 2.45) is 0 Å². The van der Waals surface area contributed by atoms with Crippen LogP contribution in [0, 0.1) is 0 Å². The molecule has 0 bridgehead atoms. The monoisotopic (exact) mass is 420 g/mol. The average molecular weight is 420 g/mol. The summed E-state index contributed by atoms with van der Waals surface area (Å²) < 4.78 is 5.25. The lowest BCUT2D eigenvalue weighted by Gasteiger charge is -2.27. The molecule has 8 heteroatoms. The van der Waals surface area contributed by atoms with Gasteiger partial charge in [-0.3, -0.25) is 19.3 Å². The molecule has 0 aliphatic carbocycles. The SMILES string of the molecule is COc1cccc(-c2nc(C=C3C(=O)N(CC(=O)O)C(=O)c4ccccc43)cs2)c1. The van der Waals surface area contributed by atoms with Crippen LogP contribution in [0.2, 0.25) is 0 Å². The fourth-order valence-electron chi connectivity index (χ4n) is 3.21. The maximum Gasteiger partial charge on any atom is 0.323 e. The summed E-state index contributed by atoms with van der Waals surface area (Å²) in [5.74, 6) is -1.83. The highest BCUT2D eigenvalue weighted by Crippen LogP contribution is 2.32. The summed E-state index contributed by atoms with van der Waals surface area (Å²) in [5.41, 5.74) is 2.40. The van der Waals surface area contributed by atoms with Gasteiger partial charge in [0, 0.05) is 22.1 Å². The molecule has 30 heavy (non-hydrogen) atoms. The summed E-state index contributed by atoms with van der Waals surface area (Å²) in [6.45, 7) is -0.699. The van der Waals surface area contributed by atoms with Gasteiger partial charge in [0.05, 0.1) is 18.4 Å². The molecule has 0 atom stereocenters. The van der Waals surface area contributed by atoms with Crippen molar-refractivity contribution in [1.29, 1.82) is 0 Å². The van der Waals surface area contributed by atoms with Gasteiger partial charge in [0.2, 0.25) is 0 Å². The first kappa shape index (κ1) is 19.5. The van der Waals surface area contributed by atoms with E-state index >= 15 is 0 Å². The van der Waals surface area contributed by atoms with E-state index in [-0.39, 0.29) is 11.1 Å². The van der Waals surface area contributed by atoms with Crippen LogP contribution < -0.4 is 4.74 Å². The normalized spacial score (nSPS) is 14.7. The summed E-state index contributed by atoms with van der Waals surface area (Å²) in [5, 5.41) is 11.7. The van der Waals surface area contributed by atoms with Crippen LogP contribution in [0.5, 0.6) is 5.75 Å². The number of imide groups is 1. The average Bonchev–Trinajstić information content (AvgIpc) is 3.23.